The molecule has 158 valence electrons. The first-order chi connectivity index (χ1) is 15.0. The smallest absolute Gasteiger partial charge is 0.319 e. The molecule has 3 atom stereocenters. The van der Waals surface area contributed by atoms with Gasteiger partial charge in [-0.3, -0.25) is 9.69 Å². The summed E-state index contributed by atoms with van der Waals surface area (Å²) in [4.78, 5) is 27.1. The van der Waals surface area contributed by atoms with Crippen LogP contribution in [0, 0.1) is 0 Å². The SMILES string of the molecule is NC(=O)N(c1ccccc1Cl)C1CC(=O)NC(c2ccccc2)CC1c1ccccc1. The molecule has 0 bridgehead atoms. The summed E-state index contributed by atoms with van der Waals surface area (Å²) in [6.45, 7) is 0. The summed E-state index contributed by atoms with van der Waals surface area (Å²) >= 11 is 6.43. The maximum absolute atomic E-state index is 13.0. The van der Waals surface area contributed by atoms with E-state index in [-0.39, 0.29) is 24.3 Å². The van der Waals surface area contributed by atoms with Crippen LogP contribution < -0.4 is 16.0 Å². The number of primary amides is 1. The Morgan fingerprint density at radius 3 is 2.10 bits per heavy atom. The lowest BCUT2D eigenvalue weighted by atomic mass is 9.83. The van der Waals surface area contributed by atoms with Gasteiger partial charge in [-0.15, -0.1) is 0 Å². The third-order valence-corrected chi connectivity index (χ3v) is 6.11. The molecule has 3 amide bonds. The van der Waals surface area contributed by atoms with Gasteiger partial charge < -0.3 is 11.1 Å². The molecule has 1 saturated heterocycles. The predicted molar refractivity (Wildman–Crippen MR) is 123 cm³/mol. The van der Waals surface area contributed by atoms with E-state index in [9.17, 15) is 9.59 Å². The molecule has 3 unspecified atom stereocenters. The van der Waals surface area contributed by atoms with Gasteiger partial charge >= 0.3 is 6.03 Å². The van der Waals surface area contributed by atoms with E-state index in [1.807, 2.05) is 60.7 Å². The predicted octanol–water partition coefficient (Wildman–Crippen LogP) is 5.03. The van der Waals surface area contributed by atoms with Crippen molar-refractivity contribution in [3.8, 4) is 0 Å². The Labute approximate surface area is 186 Å². The lowest BCUT2D eigenvalue weighted by Gasteiger charge is -2.35. The molecule has 3 aromatic carbocycles. The summed E-state index contributed by atoms with van der Waals surface area (Å²) in [5, 5.41) is 3.55. The van der Waals surface area contributed by atoms with Gasteiger partial charge in [0.05, 0.1) is 22.8 Å². The quantitative estimate of drug-likeness (QED) is 0.605. The normalized spacial score (nSPS) is 21.1. The van der Waals surface area contributed by atoms with Crippen molar-refractivity contribution >= 4 is 29.2 Å². The number of nitrogens with one attached hydrogen (secondary N) is 1. The fourth-order valence-electron chi connectivity index (χ4n) is 4.40. The van der Waals surface area contributed by atoms with Crippen LogP contribution in [0.4, 0.5) is 10.5 Å². The lowest BCUT2D eigenvalue weighted by Crippen LogP contribution is -2.47. The van der Waals surface area contributed by atoms with Gasteiger partial charge in [0.2, 0.25) is 5.91 Å². The van der Waals surface area contributed by atoms with Crippen LogP contribution >= 0.6 is 11.6 Å². The molecule has 31 heavy (non-hydrogen) atoms. The summed E-state index contributed by atoms with van der Waals surface area (Å²) in [6, 6.07) is 25.6. The molecule has 1 aliphatic rings. The van der Waals surface area contributed by atoms with E-state index < -0.39 is 12.1 Å². The van der Waals surface area contributed by atoms with Crippen LogP contribution in [0.15, 0.2) is 84.9 Å². The highest BCUT2D eigenvalue weighted by atomic mass is 35.5. The molecule has 1 aliphatic heterocycles. The van der Waals surface area contributed by atoms with Gasteiger partial charge in [-0.1, -0.05) is 84.4 Å². The second-order valence-corrected chi connectivity index (χ2v) is 8.12. The number of urea groups is 1. The Bertz CT molecular complexity index is 1060. The van der Waals surface area contributed by atoms with Crippen molar-refractivity contribution in [1.29, 1.82) is 0 Å². The molecular weight excluding hydrogens is 410 g/mol. The Balaban J connectivity index is 1.81. The lowest BCUT2D eigenvalue weighted by molar-refractivity contribution is -0.121. The second-order valence-electron chi connectivity index (χ2n) is 7.71. The highest BCUT2D eigenvalue weighted by Crippen LogP contribution is 2.40. The molecular formula is C25H24ClN3O2. The van der Waals surface area contributed by atoms with Gasteiger partial charge in [-0.25, -0.2) is 4.79 Å². The number of amides is 3. The van der Waals surface area contributed by atoms with E-state index >= 15 is 0 Å². The largest absolute Gasteiger partial charge is 0.351 e. The minimum atomic E-state index is -0.634. The van der Waals surface area contributed by atoms with Gasteiger partial charge in [0.25, 0.3) is 0 Å². The van der Waals surface area contributed by atoms with E-state index in [1.54, 1.807) is 24.3 Å². The maximum Gasteiger partial charge on any atom is 0.319 e. The number of halogens is 1. The van der Waals surface area contributed by atoms with Crippen molar-refractivity contribution in [2.45, 2.75) is 30.8 Å². The van der Waals surface area contributed by atoms with Gasteiger partial charge in [-0.2, -0.15) is 0 Å². The first-order valence-corrected chi connectivity index (χ1v) is 10.6. The molecule has 1 fully saturated rings. The number of carbonyl (C=O) groups is 2. The van der Waals surface area contributed by atoms with Crippen molar-refractivity contribution in [2.75, 3.05) is 4.90 Å². The zero-order valence-corrected chi connectivity index (χ0v) is 17.7. The Kier molecular flexibility index (Phi) is 6.23. The average Bonchev–Trinajstić information content (AvgIpc) is 2.95. The molecule has 0 spiro atoms. The van der Waals surface area contributed by atoms with Gasteiger partial charge in [-0.05, 0) is 29.7 Å². The monoisotopic (exact) mass is 433 g/mol. The highest BCUT2D eigenvalue weighted by Gasteiger charge is 2.39. The zero-order valence-electron chi connectivity index (χ0n) is 16.9. The van der Waals surface area contributed by atoms with Gasteiger partial charge in [0, 0.05) is 12.3 Å². The van der Waals surface area contributed by atoms with E-state index in [0.717, 1.165) is 11.1 Å². The van der Waals surface area contributed by atoms with Gasteiger partial charge in [0.1, 0.15) is 0 Å². The number of para-hydroxylation sites is 1. The summed E-state index contributed by atoms with van der Waals surface area (Å²) in [5.41, 5.74) is 8.43. The minimum absolute atomic E-state index is 0.122. The fourth-order valence-corrected chi connectivity index (χ4v) is 4.62. The first-order valence-electron chi connectivity index (χ1n) is 10.3. The number of nitrogens with zero attached hydrogens (tertiary/aromatic N) is 1. The number of hydrogen-bond acceptors (Lipinski definition) is 2. The van der Waals surface area contributed by atoms with Crippen molar-refractivity contribution in [3.63, 3.8) is 0 Å². The average molecular weight is 434 g/mol. The van der Waals surface area contributed by atoms with Crippen LogP contribution in [0.3, 0.4) is 0 Å². The maximum atomic E-state index is 13.0. The fraction of sp³-hybridized carbons (Fsp3) is 0.200. The van der Waals surface area contributed by atoms with Crippen molar-refractivity contribution in [2.24, 2.45) is 5.73 Å². The molecule has 1 heterocycles. The number of anilines is 1. The number of benzene rings is 3. The van der Waals surface area contributed by atoms with Crippen LogP contribution in [0.25, 0.3) is 0 Å². The Morgan fingerprint density at radius 1 is 0.903 bits per heavy atom. The van der Waals surface area contributed by atoms with E-state index in [2.05, 4.69) is 5.32 Å². The molecule has 5 nitrogen and oxygen atoms in total. The van der Waals surface area contributed by atoms with Crippen LogP contribution in [0.5, 0.6) is 0 Å². The third kappa shape index (κ3) is 4.57. The molecule has 3 N–H and O–H groups in total. The summed E-state index contributed by atoms with van der Waals surface area (Å²) in [7, 11) is 0. The molecule has 0 aliphatic carbocycles. The number of hydrogen-bond donors (Lipinski definition) is 2. The van der Waals surface area contributed by atoms with Gasteiger partial charge in [0.15, 0.2) is 0 Å². The molecule has 0 radical (unpaired) electrons. The summed E-state index contributed by atoms with van der Waals surface area (Å²) < 4.78 is 0. The first kappa shape index (κ1) is 20.9. The number of carbonyl (C=O) groups excluding carboxylic acids is 2. The minimum Gasteiger partial charge on any atom is -0.351 e. The van der Waals surface area contributed by atoms with E-state index in [4.69, 9.17) is 17.3 Å². The van der Waals surface area contributed by atoms with Crippen LogP contribution in [-0.4, -0.2) is 18.0 Å². The molecule has 3 aromatic rings. The molecule has 0 aromatic heterocycles. The van der Waals surface area contributed by atoms with E-state index in [1.165, 1.54) is 4.90 Å². The zero-order chi connectivity index (χ0) is 21.8. The standard InChI is InChI=1S/C25H24ClN3O2/c26-20-13-7-8-14-22(20)29(25(27)31)23-16-24(30)28-21(18-11-5-2-6-12-18)15-19(23)17-9-3-1-4-10-17/h1-14,19,21,23H,15-16H2,(H2,27,31)(H,28,30). The van der Waals surface area contributed by atoms with Crippen molar-refractivity contribution < 1.29 is 9.59 Å². The third-order valence-electron chi connectivity index (χ3n) is 5.79. The number of nitrogens with two attached hydrogens (primary N) is 1. The molecule has 4 rings (SSSR count). The van der Waals surface area contributed by atoms with Crippen molar-refractivity contribution in [1.82, 2.24) is 5.32 Å². The summed E-state index contributed by atoms with van der Waals surface area (Å²) in [5.74, 6) is -0.260. The Hall–Kier alpha value is -3.31. The van der Waals surface area contributed by atoms with E-state index in [0.29, 0.717) is 17.1 Å². The molecule has 6 heteroatoms. The van der Waals surface area contributed by atoms with Crippen LogP contribution in [-0.2, 0) is 4.79 Å². The summed E-state index contributed by atoms with van der Waals surface area (Å²) in [6.07, 6.45) is 0.746. The number of rotatable bonds is 4. The van der Waals surface area contributed by atoms with Crippen LogP contribution in [0.2, 0.25) is 5.02 Å². The Morgan fingerprint density at radius 2 is 1.48 bits per heavy atom. The highest BCUT2D eigenvalue weighted by molar-refractivity contribution is 6.33. The van der Waals surface area contributed by atoms with Crippen LogP contribution in [0.1, 0.15) is 35.9 Å². The molecule has 0 saturated carbocycles. The topological polar surface area (TPSA) is 75.4 Å². The van der Waals surface area contributed by atoms with Crippen molar-refractivity contribution in [3.05, 3.63) is 101 Å². The second kappa shape index (κ2) is 9.23.